The summed E-state index contributed by atoms with van der Waals surface area (Å²) in [6.45, 7) is 3.34. The molecule has 2 heterocycles. The van der Waals surface area contributed by atoms with Crippen LogP contribution in [0.1, 0.15) is 11.3 Å². The third-order valence-corrected chi connectivity index (χ3v) is 4.25. The van der Waals surface area contributed by atoms with Crippen molar-refractivity contribution in [3.05, 3.63) is 21.3 Å². The maximum Gasteiger partial charge on any atom is 0.0931 e. The smallest absolute Gasteiger partial charge is 0.0931 e. The molecule has 1 saturated heterocycles. The van der Waals surface area contributed by atoms with Gasteiger partial charge in [0.15, 0.2) is 0 Å². The van der Waals surface area contributed by atoms with E-state index in [1.165, 1.54) is 17.8 Å². The lowest BCUT2D eigenvalue weighted by molar-refractivity contribution is 0.324. The van der Waals surface area contributed by atoms with Gasteiger partial charge >= 0.3 is 0 Å². The highest BCUT2D eigenvalue weighted by molar-refractivity contribution is 7.16. The molecule has 1 aromatic rings. The van der Waals surface area contributed by atoms with E-state index in [4.69, 9.17) is 23.2 Å². The van der Waals surface area contributed by atoms with Crippen LogP contribution in [0.25, 0.3) is 0 Å². The molecule has 0 amide bonds. The summed E-state index contributed by atoms with van der Waals surface area (Å²) in [5.41, 5.74) is 0. The minimum absolute atomic E-state index is 0.687. The summed E-state index contributed by atoms with van der Waals surface area (Å²) in [5.74, 6) is 1.48. The maximum absolute atomic E-state index is 5.88. The molecule has 78 valence electrons. The average molecular weight is 250 g/mol. The summed E-state index contributed by atoms with van der Waals surface area (Å²) >= 11 is 13.4. The quantitative estimate of drug-likeness (QED) is 0.742. The fourth-order valence-corrected chi connectivity index (χ4v) is 3.22. The third-order valence-electron chi connectivity index (χ3n) is 2.60. The second-order valence-electron chi connectivity index (χ2n) is 3.75. The van der Waals surface area contributed by atoms with Gasteiger partial charge in [0.2, 0.25) is 0 Å². The topological polar surface area (TPSA) is 3.24 Å². The van der Waals surface area contributed by atoms with Gasteiger partial charge < -0.3 is 0 Å². The Morgan fingerprint density at radius 3 is 2.93 bits per heavy atom. The highest BCUT2D eigenvalue weighted by Gasteiger charge is 2.21. The van der Waals surface area contributed by atoms with Crippen molar-refractivity contribution in [2.75, 3.05) is 19.0 Å². The van der Waals surface area contributed by atoms with E-state index in [2.05, 4.69) is 11.0 Å². The number of thiophene rings is 1. The summed E-state index contributed by atoms with van der Waals surface area (Å²) in [6.07, 6.45) is 1.24. The highest BCUT2D eigenvalue weighted by Crippen LogP contribution is 2.25. The molecular weight excluding hydrogens is 237 g/mol. The third kappa shape index (κ3) is 2.63. The van der Waals surface area contributed by atoms with Crippen LogP contribution in [0.3, 0.4) is 0 Å². The van der Waals surface area contributed by atoms with E-state index in [1.807, 2.05) is 6.07 Å². The molecule has 0 radical (unpaired) electrons. The Labute approximate surface area is 98.6 Å². The first-order chi connectivity index (χ1) is 6.78. The molecule has 0 spiro atoms. The van der Waals surface area contributed by atoms with E-state index in [0.29, 0.717) is 5.92 Å². The van der Waals surface area contributed by atoms with Crippen LogP contribution in [0.5, 0.6) is 0 Å². The summed E-state index contributed by atoms with van der Waals surface area (Å²) < 4.78 is 0.882. The van der Waals surface area contributed by atoms with Gasteiger partial charge in [-0.05, 0) is 31.0 Å². The first-order valence-electron chi connectivity index (χ1n) is 4.80. The maximum atomic E-state index is 5.88. The molecule has 0 saturated carbocycles. The SMILES string of the molecule is ClCC1CCN(Cc2ccc(Cl)s2)C1. The molecule has 1 aromatic heterocycles. The number of nitrogens with zero attached hydrogens (tertiary/aromatic N) is 1. The highest BCUT2D eigenvalue weighted by atomic mass is 35.5. The average Bonchev–Trinajstić information content (AvgIpc) is 2.76. The van der Waals surface area contributed by atoms with E-state index in [1.54, 1.807) is 11.3 Å². The molecule has 1 fully saturated rings. The minimum Gasteiger partial charge on any atom is -0.298 e. The zero-order valence-corrected chi connectivity index (χ0v) is 10.2. The predicted octanol–water partition coefficient (Wildman–Crippen LogP) is 3.46. The van der Waals surface area contributed by atoms with Gasteiger partial charge in [0, 0.05) is 23.8 Å². The molecule has 1 nitrogen and oxygen atoms in total. The lowest BCUT2D eigenvalue weighted by Crippen LogP contribution is -2.19. The van der Waals surface area contributed by atoms with Gasteiger partial charge in [0.25, 0.3) is 0 Å². The van der Waals surface area contributed by atoms with Crippen molar-refractivity contribution in [3.8, 4) is 0 Å². The predicted molar refractivity (Wildman–Crippen MR) is 63.4 cm³/mol. The number of hydrogen-bond donors (Lipinski definition) is 0. The van der Waals surface area contributed by atoms with Crippen LogP contribution in [0.2, 0.25) is 4.34 Å². The monoisotopic (exact) mass is 249 g/mol. The van der Waals surface area contributed by atoms with E-state index in [9.17, 15) is 0 Å². The van der Waals surface area contributed by atoms with Gasteiger partial charge in [-0.25, -0.2) is 0 Å². The van der Waals surface area contributed by atoms with Crippen molar-refractivity contribution in [1.82, 2.24) is 4.90 Å². The van der Waals surface area contributed by atoms with Crippen molar-refractivity contribution in [3.63, 3.8) is 0 Å². The molecule has 1 aliphatic rings. The van der Waals surface area contributed by atoms with Crippen LogP contribution in [-0.2, 0) is 6.54 Å². The molecule has 1 unspecified atom stereocenters. The number of hydrogen-bond acceptors (Lipinski definition) is 2. The number of likely N-dealkylation sites (tertiary alicyclic amines) is 1. The molecule has 14 heavy (non-hydrogen) atoms. The fourth-order valence-electron chi connectivity index (χ4n) is 1.84. The Morgan fingerprint density at radius 1 is 1.50 bits per heavy atom. The number of halogens is 2. The van der Waals surface area contributed by atoms with Crippen LogP contribution >= 0.6 is 34.5 Å². The molecule has 2 rings (SSSR count). The Morgan fingerprint density at radius 2 is 2.36 bits per heavy atom. The number of rotatable bonds is 3. The van der Waals surface area contributed by atoms with Gasteiger partial charge in [0.1, 0.15) is 0 Å². The molecule has 0 aromatic carbocycles. The van der Waals surface area contributed by atoms with Gasteiger partial charge in [0.05, 0.1) is 4.34 Å². The standard InChI is InChI=1S/C10H13Cl2NS/c11-5-8-3-4-13(6-8)7-9-1-2-10(12)14-9/h1-2,8H,3-7H2. The van der Waals surface area contributed by atoms with Crippen LogP contribution in [0.15, 0.2) is 12.1 Å². The lowest BCUT2D eigenvalue weighted by Gasteiger charge is -2.13. The van der Waals surface area contributed by atoms with Crippen molar-refractivity contribution in [2.24, 2.45) is 5.92 Å². The summed E-state index contributed by atoms with van der Waals surface area (Å²) in [7, 11) is 0. The Kier molecular flexibility index (Phi) is 3.72. The molecule has 1 aliphatic heterocycles. The van der Waals surface area contributed by atoms with E-state index >= 15 is 0 Å². The van der Waals surface area contributed by atoms with Crippen molar-refractivity contribution in [1.29, 1.82) is 0 Å². The molecule has 0 N–H and O–H groups in total. The zero-order chi connectivity index (χ0) is 9.97. The first-order valence-corrected chi connectivity index (χ1v) is 6.53. The molecular formula is C10H13Cl2NS. The van der Waals surface area contributed by atoms with E-state index in [0.717, 1.165) is 23.3 Å². The number of alkyl halides is 1. The fraction of sp³-hybridized carbons (Fsp3) is 0.600. The van der Waals surface area contributed by atoms with Crippen molar-refractivity contribution in [2.45, 2.75) is 13.0 Å². The Hall–Kier alpha value is 0.240. The van der Waals surface area contributed by atoms with E-state index < -0.39 is 0 Å². The molecule has 0 aliphatic carbocycles. The van der Waals surface area contributed by atoms with Gasteiger partial charge in [-0.15, -0.1) is 22.9 Å². The Bertz CT molecular complexity index is 300. The van der Waals surface area contributed by atoms with Gasteiger partial charge in [-0.1, -0.05) is 11.6 Å². The molecule has 1 atom stereocenters. The normalized spacial score (nSPS) is 23.1. The zero-order valence-electron chi connectivity index (χ0n) is 7.88. The van der Waals surface area contributed by atoms with Gasteiger partial charge in [-0.3, -0.25) is 4.90 Å². The molecule has 4 heteroatoms. The summed E-state index contributed by atoms with van der Waals surface area (Å²) in [4.78, 5) is 3.81. The van der Waals surface area contributed by atoms with Crippen LogP contribution in [0.4, 0.5) is 0 Å². The van der Waals surface area contributed by atoms with Crippen LogP contribution in [0, 0.1) is 5.92 Å². The van der Waals surface area contributed by atoms with Gasteiger partial charge in [-0.2, -0.15) is 0 Å². The van der Waals surface area contributed by atoms with E-state index in [-0.39, 0.29) is 0 Å². The second kappa shape index (κ2) is 4.84. The largest absolute Gasteiger partial charge is 0.298 e. The van der Waals surface area contributed by atoms with Crippen molar-refractivity contribution >= 4 is 34.5 Å². The first kappa shape index (κ1) is 10.7. The molecule has 0 bridgehead atoms. The van der Waals surface area contributed by atoms with Crippen molar-refractivity contribution < 1.29 is 0 Å². The van der Waals surface area contributed by atoms with Crippen LogP contribution in [-0.4, -0.2) is 23.9 Å². The Balaban J connectivity index is 1.87. The minimum atomic E-state index is 0.687. The van der Waals surface area contributed by atoms with Crippen LogP contribution < -0.4 is 0 Å². The summed E-state index contributed by atoms with van der Waals surface area (Å²) in [6, 6.07) is 4.08. The summed E-state index contributed by atoms with van der Waals surface area (Å²) in [5, 5.41) is 0. The lowest BCUT2D eigenvalue weighted by atomic mass is 10.2. The second-order valence-corrected chi connectivity index (χ2v) is 5.86.